The second kappa shape index (κ2) is 8.90. The smallest absolute Gasteiger partial charge is 0.333 e. The van der Waals surface area contributed by atoms with Crippen LogP contribution in [-0.4, -0.2) is 49.9 Å². The molecule has 0 radical (unpaired) electrons. The molecular weight excluding hydrogens is 286 g/mol. The van der Waals surface area contributed by atoms with Gasteiger partial charge in [-0.05, 0) is 39.7 Å². The van der Waals surface area contributed by atoms with Crippen LogP contribution in [0, 0.1) is 0 Å². The zero-order valence-corrected chi connectivity index (χ0v) is 14.0. The second-order valence-corrected chi connectivity index (χ2v) is 5.82. The Morgan fingerprint density at radius 1 is 1.41 bits per heavy atom. The molecule has 0 spiro atoms. The number of rotatable bonds is 4. The molecule has 1 aliphatic carbocycles. The van der Waals surface area contributed by atoms with E-state index in [2.05, 4.69) is 12.2 Å². The number of carbonyl (C=O) groups excluding carboxylic acids is 2. The van der Waals surface area contributed by atoms with Crippen LogP contribution in [0.3, 0.4) is 0 Å². The van der Waals surface area contributed by atoms with Crippen molar-refractivity contribution in [3.8, 4) is 0 Å². The zero-order valence-electron chi connectivity index (χ0n) is 14.0. The van der Waals surface area contributed by atoms with Gasteiger partial charge < -0.3 is 19.5 Å². The third kappa shape index (κ3) is 7.04. The summed E-state index contributed by atoms with van der Waals surface area (Å²) in [4.78, 5) is 22.6. The predicted octanol–water partition coefficient (Wildman–Crippen LogP) is 1.58. The highest BCUT2D eigenvalue weighted by molar-refractivity contribution is 5.88. The lowest BCUT2D eigenvalue weighted by molar-refractivity contribution is -0.136. The highest BCUT2D eigenvalue weighted by Gasteiger charge is 2.29. The molecule has 6 heteroatoms. The molecule has 1 fully saturated rings. The van der Waals surface area contributed by atoms with Gasteiger partial charge in [-0.2, -0.15) is 0 Å². The number of hydrogen-bond donors (Lipinski definition) is 1. The van der Waals surface area contributed by atoms with E-state index in [4.69, 9.17) is 14.2 Å². The second-order valence-electron chi connectivity index (χ2n) is 5.82. The first-order valence-electron chi connectivity index (χ1n) is 7.66. The summed E-state index contributed by atoms with van der Waals surface area (Å²) in [5.74, 6) is -0.416. The molecule has 0 bridgehead atoms. The van der Waals surface area contributed by atoms with Crippen molar-refractivity contribution >= 4 is 11.9 Å². The molecule has 0 aromatic carbocycles. The van der Waals surface area contributed by atoms with E-state index in [1.54, 1.807) is 6.08 Å². The first-order chi connectivity index (χ1) is 10.3. The Bertz CT molecular complexity index is 415. The van der Waals surface area contributed by atoms with Crippen molar-refractivity contribution in [3.63, 3.8) is 0 Å². The lowest BCUT2D eigenvalue weighted by atomic mass is 9.92. The summed E-state index contributed by atoms with van der Waals surface area (Å²) < 4.78 is 15.1. The molecule has 1 aliphatic heterocycles. The summed E-state index contributed by atoms with van der Waals surface area (Å²) in [7, 11) is 1.36. The number of nitrogens with one attached hydrogen (secondary N) is 1. The van der Waals surface area contributed by atoms with Gasteiger partial charge in [0.1, 0.15) is 0 Å². The fourth-order valence-corrected chi connectivity index (χ4v) is 2.13. The summed E-state index contributed by atoms with van der Waals surface area (Å²) in [6.07, 6.45) is 3.36. The van der Waals surface area contributed by atoms with Gasteiger partial charge in [-0.1, -0.05) is 0 Å². The van der Waals surface area contributed by atoms with E-state index in [1.165, 1.54) is 14.0 Å². The highest BCUT2D eigenvalue weighted by Crippen LogP contribution is 2.23. The minimum absolute atomic E-state index is 0.0273. The number of methoxy groups -OCH3 is 1. The summed E-state index contributed by atoms with van der Waals surface area (Å²) in [5.41, 5.74) is 0.616. The monoisotopic (exact) mass is 313 g/mol. The number of hydrogen-bond acceptors (Lipinski definition) is 5. The number of carbonyl (C=O) groups is 2. The zero-order chi connectivity index (χ0) is 16.7. The molecule has 22 heavy (non-hydrogen) atoms. The van der Waals surface area contributed by atoms with Crippen LogP contribution in [0.4, 0.5) is 0 Å². The molecule has 1 heterocycles. The van der Waals surface area contributed by atoms with E-state index >= 15 is 0 Å². The lowest BCUT2D eigenvalue weighted by Crippen LogP contribution is -2.45. The summed E-state index contributed by atoms with van der Waals surface area (Å²) >= 11 is 0. The minimum atomic E-state index is -0.325. The van der Waals surface area contributed by atoms with E-state index in [9.17, 15) is 9.59 Å². The van der Waals surface area contributed by atoms with Crippen LogP contribution in [0.25, 0.3) is 0 Å². The van der Waals surface area contributed by atoms with Crippen molar-refractivity contribution in [1.82, 2.24) is 5.32 Å². The fraction of sp³-hybridized carbons (Fsp3) is 0.750. The van der Waals surface area contributed by atoms with Gasteiger partial charge in [0.2, 0.25) is 5.91 Å². The Morgan fingerprint density at radius 2 is 2.00 bits per heavy atom. The quantitative estimate of drug-likeness (QED) is 0.630. The van der Waals surface area contributed by atoms with Crippen LogP contribution in [0.15, 0.2) is 11.6 Å². The van der Waals surface area contributed by atoms with Crippen molar-refractivity contribution in [2.45, 2.75) is 64.9 Å². The van der Waals surface area contributed by atoms with Crippen molar-refractivity contribution < 1.29 is 23.8 Å². The molecule has 126 valence electrons. The summed E-state index contributed by atoms with van der Waals surface area (Å²) in [6.45, 7) is 8.36. The van der Waals surface area contributed by atoms with Gasteiger partial charge in [0.25, 0.3) is 0 Å². The van der Waals surface area contributed by atoms with Crippen LogP contribution in [0.5, 0.6) is 0 Å². The van der Waals surface area contributed by atoms with Crippen LogP contribution in [0.1, 0.15) is 40.5 Å². The van der Waals surface area contributed by atoms with Crippen molar-refractivity contribution in [2.75, 3.05) is 13.7 Å². The number of epoxide rings is 1. The largest absolute Gasteiger partial charge is 0.466 e. The molecule has 1 amide bonds. The van der Waals surface area contributed by atoms with Crippen molar-refractivity contribution in [3.05, 3.63) is 11.6 Å². The maximum absolute atomic E-state index is 11.5. The molecule has 1 N–H and O–H groups in total. The molecule has 2 aliphatic rings. The molecule has 0 saturated carbocycles. The fourth-order valence-electron chi connectivity index (χ4n) is 2.13. The number of esters is 1. The van der Waals surface area contributed by atoms with E-state index in [0.717, 1.165) is 6.61 Å². The summed E-state index contributed by atoms with van der Waals surface area (Å²) in [6, 6.07) is -0.0849. The van der Waals surface area contributed by atoms with Gasteiger partial charge in [0, 0.05) is 12.5 Å². The third-order valence-corrected chi connectivity index (χ3v) is 3.25. The minimum Gasteiger partial charge on any atom is -0.466 e. The van der Waals surface area contributed by atoms with Crippen LogP contribution >= 0.6 is 0 Å². The SMILES string of the molecule is CC1CO1.COC(=O)C1=C[C@@H](OC(C)C)C(NC(C)=O)CC1. The van der Waals surface area contributed by atoms with E-state index < -0.39 is 0 Å². The Balaban J connectivity index is 0.000000519. The van der Waals surface area contributed by atoms with Gasteiger partial charge in [-0.3, -0.25) is 4.79 Å². The van der Waals surface area contributed by atoms with Gasteiger partial charge in [-0.15, -0.1) is 0 Å². The van der Waals surface area contributed by atoms with Crippen LogP contribution < -0.4 is 5.32 Å². The maximum atomic E-state index is 11.5. The topological polar surface area (TPSA) is 77.2 Å². The molecule has 0 aromatic heterocycles. The Labute approximate surface area is 132 Å². The first kappa shape index (κ1) is 18.6. The average molecular weight is 313 g/mol. The molecule has 3 atom stereocenters. The normalized spacial score (nSPS) is 26.5. The molecular formula is C16H27NO5. The number of ether oxygens (including phenoxy) is 3. The lowest BCUT2D eigenvalue weighted by Gasteiger charge is -2.31. The van der Waals surface area contributed by atoms with Crippen LogP contribution in [0.2, 0.25) is 0 Å². The molecule has 2 unspecified atom stereocenters. The molecule has 0 aromatic rings. The Morgan fingerprint density at radius 3 is 2.41 bits per heavy atom. The van der Waals surface area contributed by atoms with Gasteiger partial charge >= 0.3 is 5.97 Å². The Hall–Kier alpha value is -1.40. The maximum Gasteiger partial charge on any atom is 0.333 e. The van der Waals surface area contributed by atoms with Gasteiger partial charge in [0.15, 0.2) is 0 Å². The third-order valence-electron chi connectivity index (χ3n) is 3.25. The van der Waals surface area contributed by atoms with E-state index in [0.29, 0.717) is 24.5 Å². The summed E-state index contributed by atoms with van der Waals surface area (Å²) in [5, 5.41) is 2.85. The van der Waals surface area contributed by atoms with E-state index in [1.807, 2.05) is 13.8 Å². The Kier molecular flexibility index (Phi) is 7.55. The van der Waals surface area contributed by atoms with Gasteiger partial charge in [0.05, 0.1) is 38.1 Å². The van der Waals surface area contributed by atoms with E-state index in [-0.39, 0.29) is 30.1 Å². The molecule has 6 nitrogen and oxygen atoms in total. The van der Waals surface area contributed by atoms with Crippen molar-refractivity contribution in [1.29, 1.82) is 0 Å². The molecule has 2 rings (SSSR count). The first-order valence-corrected chi connectivity index (χ1v) is 7.66. The van der Waals surface area contributed by atoms with Crippen molar-refractivity contribution in [2.24, 2.45) is 0 Å². The predicted molar refractivity (Wildman–Crippen MR) is 82.4 cm³/mol. The number of amides is 1. The highest BCUT2D eigenvalue weighted by atomic mass is 16.6. The average Bonchev–Trinajstić information content (AvgIpc) is 3.22. The molecule has 1 saturated heterocycles. The standard InChI is InChI=1S/C13H21NO4.C3H6O/c1-8(2)18-12-7-10(13(16)17-4)5-6-11(12)14-9(3)15;1-3-2-4-3/h7-8,11-12H,5-6H2,1-4H3,(H,14,15);3H,2H2,1H3/t11?,12-;/m1./s1. The van der Waals surface area contributed by atoms with Gasteiger partial charge in [-0.25, -0.2) is 4.79 Å². The van der Waals surface area contributed by atoms with Crippen LogP contribution in [-0.2, 0) is 23.8 Å².